The van der Waals surface area contributed by atoms with Crippen LogP contribution in [0.1, 0.15) is 6.42 Å². The summed E-state index contributed by atoms with van der Waals surface area (Å²) in [6.45, 7) is 9.11. The monoisotopic (exact) mass is 385 g/mol. The second-order valence-electron chi connectivity index (χ2n) is 4.57. The van der Waals surface area contributed by atoms with Crippen LogP contribution in [0, 0.1) is 0 Å². The summed E-state index contributed by atoms with van der Waals surface area (Å²) in [7, 11) is 0. The largest absolute Gasteiger partial charge is 0.461 e. The van der Waals surface area contributed by atoms with E-state index >= 15 is 0 Å². The van der Waals surface area contributed by atoms with Crippen molar-refractivity contribution in [3.05, 3.63) is 12.7 Å². The number of carbonyl (C=O) groups excluding carboxylic acids is 1. The fraction of sp³-hybridized carbons (Fsp3) is 0.812. The molecule has 0 aromatic rings. The van der Waals surface area contributed by atoms with Crippen LogP contribution in [0.25, 0.3) is 0 Å². The van der Waals surface area contributed by atoms with E-state index < -0.39 is 0 Å². The summed E-state index contributed by atoms with van der Waals surface area (Å²) < 4.78 is 31.2. The Bertz CT molecular complexity index is 296. The molecule has 0 spiro atoms. The third-order valence-electron chi connectivity index (χ3n) is 2.56. The van der Waals surface area contributed by atoms with E-state index in [9.17, 15) is 4.79 Å². The zero-order chi connectivity index (χ0) is 17.7. The highest BCUT2D eigenvalue weighted by Crippen LogP contribution is 1.89. The lowest BCUT2D eigenvalue weighted by molar-refractivity contribution is -0.143. The molecule has 2 N–H and O–H groups in total. The molecule has 0 aliphatic carbocycles. The first-order valence-corrected chi connectivity index (χ1v) is 8.16. The highest BCUT2D eigenvalue weighted by Gasteiger charge is 2.01. The van der Waals surface area contributed by atoms with Gasteiger partial charge in [-0.15, -0.1) is 12.4 Å². The van der Waals surface area contributed by atoms with E-state index in [0.717, 1.165) is 0 Å². The van der Waals surface area contributed by atoms with Crippen LogP contribution >= 0.6 is 12.4 Å². The van der Waals surface area contributed by atoms with E-state index in [-0.39, 0.29) is 31.4 Å². The number of esters is 1. The van der Waals surface area contributed by atoms with Gasteiger partial charge < -0.3 is 34.2 Å². The first kappa shape index (κ1) is 26.5. The van der Waals surface area contributed by atoms with Crippen LogP contribution in [-0.4, -0.2) is 85.2 Å². The maximum atomic E-state index is 11.1. The quantitative estimate of drug-likeness (QED) is 0.196. The number of hydrogen-bond acceptors (Lipinski definition) is 8. The molecule has 0 saturated carbocycles. The minimum absolute atomic E-state index is 0. The van der Waals surface area contributed by atoms with Gasteiger partial charge in [0.1, 0.15) is 6.61 Å². The summed E-state index contributed by atoms with van der Waals surface area (Å²) in [5.74, 6) is -0.294. The second-order valence-corrected chi connectivity index (χ2v) is 4.57. The van der Waals surface area contributed by atoms with Crippen molar-refractivity contribution in [2.75, 3.05) is 79.2 Å². The average molecular weight is 386 g/mol. The van der Waals surface area contributed by atoms with Crippen LogP contribution in [0.3, 0.4) is 0 Å². The van der Waals surface area contributed by atoms with Crippen LogP contribution in [0.15, 0.2) is 12.7 Å². The minimum Gasteiger partial charge on any atom is -0.461 e. The molecular formula is C16H32ClNO7. The lowest BCUT2D eigenvalue weighted by Crippen LogP contribution is -2.15. The second kappa shape index (κ2) is 23.3. The van der Waals surface area contributed by atoms with Crippen LogP contribution in [-0.2, 0) is 33.2 Å². The Hall–Kier alpha value is -0.740. The molecule has 0 saturated heterocycles. The molecule has 8 nitrogen and oxygen atoms in total. The van der Waals surface area contributed by atoms with Gasteiger partial charge in [-0.25, -0.2) is 0 Å². The number of hydrogen-bond donors (Lipinski definition) is 1. The number of nitrogens with two attached hydrogens (primary N) is 1. The predicted octanol–water partition coefficient (Wildman–Crippen LogP) is 0.569. The summed E-state index contributed by atoms with van der Waals surface area (Å²) in [5, 5.41) is 0. The highest BCUT2D eigenvalue weighted by molar-refractivity contribution is 5.85. The Morgan fingerprint density at radius 3 is 1.56 bits per heavy atom. The van der Waals surface area contributed by atoms with Crippen molar-refractivity contribution in [2.45, 2.75) is 6.42 Å². The summed E-state index contributed by atoms with van der Waals surface area (Å²) in [5.41, 5.74) is 5.28. The number of halogens is 1. The molecule has 0 amide bonds. The van der Waals surface area contributed by atoms with Crippen LogP contribution < -0.4 is 5.73 Å². The number of ether oxygens (including phenoxy) is 6. The van der Waals surface area contributed by atoms with Crippen LogP contribution in [0.4, 0.5) is 0 Å². The van der Waals surface area contributed by atoms with Crippen molar-refractivity contribution in [1.29, 1.82) is 0 Å². The number of rotatable bonds is 19. The molecule has 0 heterocycles. The van der Waals surface area contributed by atoms with E-state index in [4.69, 9.17) is 34.2 Å². The Kier molecular flexibility index (Phi) is 24.6. The lowest BCUT2D eigenvalue weighted by Gasteiger charge is -2.07. The fourth-order valence-corrected chi connectivity index (χ4v) is 1.44. The molecule has 9 heteroatoms. The molecule has 0 aromatic carbocycles. The van der Waals surface area contributed by atoms with Crippen molar-refractivity contribution in [1.82, 2.24) is 0 Å². The third kappa shape index (κ3) is 23.3. The maximum Gasteiger partial charge on any atom is 0.308 e. The van der Waals surface area contributed by atoms with Gasteiger partial charge in [-0.2, -0.15) is 0 Å². The first-order chi connectivity index (χ1) is 11.8. The SMILES string of the molecule is C=CCOC(=O)CCOCCOCCOCCOCCOCCN.Cl. The Morgan fingerprint density at radius 2 is 1.16 bits per heavy atom. The van der Waals surface area contributed by atoms with E-state index in [0.29, 0.717) is 72.6 Å². The molecule has 0 bridgehead atoms. The van der Waals surface area contributed by atoms with Gasteiger partial charge >= 0.3 is 5.97 Å². The van der Waals surface area contributed by atoms with Crippen molar-refractivity contribution in [3.63, 3.8) is 0 Å². The van der Waals surface area contributed by atoms with Gasteiger partial charge in [0.2, 0.25) is 0 Å². The standard InChI is InChI=1S/C16H31NO7.ClH/c1-2-5-24-16(18)3-6-19-8-10-21-12-14-23-15-13-22-11-9-20-7-4-17;/h2H,1,3-15,17H2;1H. The van der Waals surface area contributed by atoms with Gasteiger partial charge in [0.05, 0.1) is 72.5 Å². The molecule has 0 aliphatic heterocycles. The molecule has 0 aliphatic rings. The van der Waals surface area contributed by atoms with Gasteiger partial charge in [-0.1, -0.05) is 12.7 Å². The summed E-state index contributed by atoms with van der Waals surface area (Å²) in [6.07, 6.45) is 1.76. The topological polar surface area (TPSA) is 98.5 Å². The van der Waals surface area contributed by atoms with Gasteiger partial charge in [0.25, 0.3) is 0 Å². The maximum absolute atomic E-state index is 11.1. The highest BCUT2D eigenvalue weighted by atomic mass is 35.5. The molecule has 25 heavy (non-hydrogen) atoms. The van der Waals surface area contributed by atoms with E-state index in [1.165, 1.54) is 6.08 Å². The zero-order valence-corrected chi connectivity index (χ0v) is 15.6. The lowest BCUT2D eigenvalue weighted by atomic mass is 10.5. The van der Waals surface area contributed by atoms with Gasteiger partial charge in [-0.3, -0.25) is 4.79 Å². The molecule has 150 valence electrons. The van der Waals surface area contributed by atoms with Crippen molar-refractivity contribution < 1.29 is 33.2 Å². The van der Waals surface area contributed by atoms with Crippen LogP contribution in [0.5, 0.6) is 0 Å². The third-order valence-corrected chi connectivity index (χ3v) is 2.56. The van der Waals surface area contributed by atoms with E-state index in [2.05, 4.69) is 6.58 Å². The Morgan fingerprint density at radius 1 is 0.760 bits per heavy atom. The fourth-order valence-electron chi connectivity index (χ4n) is 1.44. The molecule has 0 unspecified atom stereocenters. The summed E-state index contributed by atoms with van der Waals surface area (Å²) >= 11 is 0. The molecule has 0 fully saturated rings. The summed E-state index contributed by atoms with van der Waals surface area (Å²) in [6, 6.07) is 0. The predicted molar refractivity (Wildman–Crippen MR) is 96.2 cm³/mol. The van der Waals surface area contributed by atoms with Gasteiger partial charge in [0, 0.05) is 6.54 Å². The molecule has 0 atom stereocenters. The Labute approximate surface area is 156 Å². The number of carbonyl (C=O) groups is 1. The van der Waals surface area contributed by atoms with Crippen LogP contribution in [0.2, 0.25) is 0 Å². The molecule has 0 rings (SSSR count). The molecule has 0 aromatic heterocycles. The van der Waals surface area contributed by atoms with E-state index in [1.807, 2.05) is 0 Å². The smallest absolute Gasteiger partial charge is 0.308 e. The molecular weight excluding hydrogens is 354 g/mol. The zero-order valence-electron chi connectivity index (χ0n) is 14.8. The van der Waals surface area contributed by atoms with Crippen molar-refractivity contribution >= 4 is 18.4 Å². The minimum atomic E-state index is -0.294. The van der Waals surface area contributed by atoms with Crippen molar-refractivity contribution in [3.8, 4) is 0 Å². The molecule has 0 radical (unpaired) electrons. The van der Waals surface area contributed by atoms with Crippen molar-refractivity contribution in [2.24, 2.45) is 5.73 Å². The first-order valence-electron chi connectivity index (χ1n) is 8.16. The van der Waals surface area contributed by atoms with Gasteiger partial charge in [0.15, 0.2) is 0 Å². The Balaban J connectivity index is 0. The normalized spacial score (nSPS) is 10.3. The summed E-state index contributed by atoms with van der Waals surface area (Å²) in [4.78, 5) is 11.1. The van der Waals surface area contributed by atoms with E-state index in [1.54, 1.807) is 0 Å². The average Bonchev–Trinajstić information content (AvgIpc) is 2.59. The van der Waals surface area contributed by atoms with Gasteiger partial charge in [-0.05, 0) is 0 Å².